The lowest BCUT2D eigenvalue weighted by atomic mass is 10.2. The molecule has 37 heteroatoms. The quantitative estimate of drug-likeness (QED) is 0.0338. The van der Waals surface area contributed by atoms with E-state index in [2.05, 4.69) is 134 Å². The van der Waals surface area contributed by atoms with Gasteiger partial charge in [0.1, 0.15) is 51.3 Å². The number of anilines is 3. The van der Waals surface area contributed by atoms with Gasteiger partial charge in [-0.05, 0) is 122 Å². The highest BCUT2D eigenvalue weighted by Crippen LogP contribution is 2.30. The first kappa shape index (κ1) is 90.0. The number of alkyl halides is 1. The number of likely N-dealkylation sites (tertiary alicyclic amines) is 1. The number of fused-ring (bicyclic) bond motifs is 5. The van der Waals surface area contributed by atoms with Gasteiger partial charge >= 0.3 is 12.2 Å². The van der Waals surface area contributed by atoms with Gasteiger partial charge in [-0.2, -0.15) is 25.5 Å². The van der Waals surface area contributed by atoms with Gasteiger partial charge in [0.2, 0.25) is 0 Å². The molecule has 18 rings (SSSR count). The molecule has 9 aromatic heterocycles. The number of hydrogen-bond acceptors (Lipinski definition) is 25. The van der Waals surface area contributed by atoms with Crippen molar-refractivity contribution in [1.29, 1.82) is 0 Å². The number of nitrogens with two attached hydrogens (primary N) is 2. The second kappa shape index (κ2) is 42.3. The summed E-state index contributed by atoms with van der Waals surface area (Å²) in [6.45, 7) is 28.3. The third-order valence-corrected chi connectivity index (χ3v) is 18.9. The van der Waals surface area contributed by atoms with E-state index in [-0.39, 0.29) is 35.9 Å². The Hall–Kier alpha value is -12.4. The van der Waals surface area contributed by atoms with Gasteiger partial charge in [0.25, 0.3) is 0 Å². The lowest BCUT2D eigenvalue weighted by Gasteiger charge is -2.24. The molecule has 632 valence electrons. The zero-order chi connectivity index (χ0) is 86.2. The first-order valence-corrected chi connectivity index (χ1v) is 39.8. The topological polar surface area (TPSA) is 378 Å². The number of halogens is 5. The Kier molecular flexibility index (Phi) is 31.7. The molecule has 3 aromatic carbocycles. The Morgan fingerprint density at radius 1 is 0.508 bits per heavy atom. The fourth-order valence-electron chi connectivity index (χ4n) is 12.5. The predicted octanol–water partition coefficient (Wildman–Crippen LogP) is 12.3. The summed E-state index contributed by atoms with van der Waals surface area (Å²) in [5.41, 5.74) is 18.1. The minimum atomic E-state index is -0.534. The third kappa shape index (κ3) is 27.1. The number of rotatable bonds is 9. The van der Waals surface area contributed by atoms with Crippen molar-refractivity contribution in [1.82, 2.24) is 110 Å². The van der Waals surface area contributed by atoms with Crippen LogP contribution < -0.4 is 31.7 Å². The molecule has 120 heavy (non-hydrogen) atoms. The molecule has 6 aliphatic rings. The van der Waals surface area contributed by atoms with E-state index in [1.165, 1.54) is 86.8 Å². The Morgan fingerprint density at radius 3 is 1.43 bits per heavy atom. The van der Waals surface area contributed by atoms with Gasteiger partial charge in [0.05, 0.1) is 160 Å². The number of carbonyl (C=O) groups excluding carboxylic acids is 3. The van der Waals surface area contributed by atoms with Crippen LogP contribution in [-0.2, 0) is 98.1 Å². The third-order valence-electron chi connectivity index (χ3n) is 18.1. The molecule has 0 spiro atoms. The van der Waals surface area contributed by atoms with E-state index >= 15 is 0 Å². The fourth-order valence-corrected chi connectivity index (χ4v) is 13.1. The van der Waals surface area contributed by atoms with Gasteiger partial charge in [-0.15, -0.1) is 0 Å². The summed E-state index contributed by atoms with van der Waals surface area (Å²) in [5.74, 6) is 10.1. The van der Waals surface area contributed by atoms with Crippen molar-refractivity contribution in [3.8, 4) is 0 Å². The van der Waals surface area contributed by atoms with Gasteiger partial charge in [0.15, 0.2) is 5.78 Å². The van der Waals surface area contributed by atoms with Crippen molar-refractivity contribution in [3.05, 3.63) is 283 Å². The molecule has 8 N–H and O–H groups in total. The summed E-state index contributed by atoms with van der Waals surface area (Å²) in [4.78, 5) is 80.2. The summed E-state index contributed by atoms with van der Waals surface area (Å²) in [6, 6.07) is 19.5. The lowest BCUT2D eigenvalue weighted by Crippen LogP contribution is -2.35. The van der Waals surface area contributed by atoms with Crippen molar-refractivity contribution in [2.45, 2.75) is 164 Å². The Balaban J connectivity index is 0.000000147. The zero-order valence-corrected chi connectivity index (χ0v) is 71.4. The first-order chi connectivity index (χ1) is 57.4. The number of benzene rings is 3. The molecule has 1 fully saturated rings. The monoisotopic (exact) mass is 1730 g/mol. The number of hydrazine groups is 1. The van der Waals surface area contributed by atoms with E-state index in [9.17, 15) is 27.6 Å². The molecule has 0 saturated carbocycles. The van der Waals surface area contributed by atoms with Gasteiger partial charge in [0, 0.05) is 123 Å². The Morgan fingerprint density at radius 2 is 0.958 bits per heavy atom. The molecule has 12 aromatic rings. The molecule has 1 saturated heterocycles. The number of ketones is 1. The van der Waals surface area contributed by atoms with Crippen molar-refractivity contribution in [2.24, 2.45) is 11.7 Å². The molecule has 0 radical (unpaired) electrons. The number of aromatic amines is 3. The van der Waals surface area contributed by atoms with Gasteiger partial charge in [-0.1, -0.05) is 63.9 Å². The van der Waals surface area contributed by atoms with Crippen LogP contribution in [0.15, 0.2) is 165 Å². The van der Waals surface area contributed by atoms with Crippen molar-refractivity contribution >= 4 is 63.0 Å². The van der Waals surface area contributed by atoms with Gasteiger partial charge < -0.3 is 34.4 Å². The number of nitrogens with one attached hydrogen (secondary N) is 4. The molecular formula is C83H100BrClF3N27O5. The summed E-state index contributed by atoms with van der Waals surface area (Å²) < 4.78 is 52.6. The van der Waals surface area contributed by atoms with E-state index in [1.807, 2.05) is 90.5 Å². The maximum atomic E-state index is 13.0. The number of hydrogen-bond donors (Lipinski definition) is 6. The molecule has 32 nitrogen and oxygen atoms in total. The Bertz CT molecular complexity index is 5260. The normalized spacial score (nSPS) is 14.0. The number of aromatic nitrogens is 18. The maximum absolute atomic E-state index is 13.0. The number of carbonyl (C=O) groups is 3. The second-order valence-electron chi connectivity index (χ2n) is 30.6. The van der Waals surface area contributed by atoms with Gasteiger partial charge in [-0.25, -0.2) is 42.7 Å². The summed E-state index contributed by atoms with van der Waals surface area (Å²) in [6.07, 6.45) is 24.3. The average Bonchev–Trinajstić information content (AvgIpc) is 1.64. The molecule has 0 aliphatic carbocycles. The van der Waals surface area contributed by atoms with Gasteiger partial charge in [-0.3, -0.25) is 70.9 Å². The number of Topliss-reactive ketones (excluding diaryl/α,β-unsaturated/α-hetero) is 1. The smallest absolute Gasteiger partial charge is 0.411 e. The van der Waals surface area contributed by atoms with Crippen LogP contribution in [0, 0.1) is 45.1 Å². The SMILES string of the molecule is CC(C)(C)OC(=O)N1Cc2cn[nH]c2C1.CN(C)/C=C1/CN(C(=O)OC(C)(C)C)CC1=O.Cc1cncc(Cl)n1.Cc1cncc(N2Cc3cn(Cc4ccc(F)cc4)nc3C2)n1.Cc1cncc(N2Cc3cn[nH]c3C2)n1.Cc1cncc(N2Cc3cnn(Cc4ccc(F)cc4)c3C2)n1.Fc1ccc(CBr)cc1.NN.c1n[nH]c2c1CNC2. The summed E-state index contributed by atoms with van der Waals surface area (Å²) in [7, 11) is 3.69. The molecule has 2 amide bonds. The highest BCUT2D eigenvalue weighted by Gasteiger charge is 2.33. The average molecular weight is 1730 g/mol. The van der Waals surface area contributed by atoms with Crippen LogP contribution >= 0.6 is 27.5 Å². The first-order valence-electron chi connectivity index (χ1n) is 38.3. The maximum Gasteiger partial charge on any atom is 0.411 e. The predicted molar refractivity (Wildman–Crippen MR) is 451 cm³/mol. The van der Waals surface area contributed by atoms with Crippen LogP contribution in [0.5, 0.6) is 0 Å². The molecule has 0 unspecified atom stereocenters. The number of ether oxygens (including phenoxy) is 2. The van der Waals surface area contributed by atoms with Crippen LogP contribution in [0.3, 0.4) is 0 Å². The van der Waals surface area contributed by atoms with Crippen LogP contribution in [0.4, 0.5) is 40.2 Å². The number of nitrogens with zero attached hydrogens (tertiary/aromatic N) is 21. The minimum Gasteiger partial charge on any atom is -0.444 e. The number of aryl methyl sites for hydroxylation is 4. The van der Waals surface area contributed by atoms with E-state index < -0.39 is 17.3 Å². The van der Waals surface area contributed by atoms with E-state index in [0.29, 0.717) is 43.4 Å². The van der Waals surface area contributed by atoms with Crippen LogP contribution in [0.2, 0.25) is 5.15 Å². The van der Waals surface area contributed by atoms with Crippen LogP contribution in [-0.4, -0.2) is 161 Å². The fraction of sp³-hybridized carbons (Fsp3) is 0.349. The van der Waals surface area contributed by atoms with Crippen molar-refractivity contribution < 1.29 is 37.0 Å². The summed E-state index contributed by atoms with van der Waals surface area (Å²) in [5, 5.41) is 34.1. The van der Waals surface area contributed by atoms with E-state index in [1.54, 1.807) is 123 Å². The second-order valence-corrected chi connectivity index (χ2v) is 31.6. The molecule has 6 aliphatic heterocycles. The lowest BCUT2D eigenvalue weighted by molar-refractivity contribution is -0.114. The number of amides is 2. The molecular weight excluding hydrogens is 1630 g/mol. The molecule has 0 bridgehead atoms. The largest absolute Gasteiger partial charge is 0.444 e. The summed E-state index contributed by atoms with van der Waals surface area (Å²) >= 11 is 8.73. The standard InChI is InChI=1S/2C17H16FN5.C12H20N2O3.C10H11N5.C10H15N3O2.C7H6BrF.C5H5ClN2.C5H7N3.H4N2/c1-12-6-19-8-17(21-12)22-10-14-7-20-23(16(14)11-22)9-13-2-4-15(18)5-3-13;1-12-6-19-7-17(20-12)22-9-14-10-23(21-16(14)11-22)8-13-2-4-15(18)5-3-13;1-12(2,3)17-11(16)14-7-9(6-13(4)5)10(15)8-14;1-7-2-11-4-10(13-7)15-5-8-3-12-14-9(8)6-15;1-10(2,3)15-9(14)13-5-7-4-11-12-8(7)6-13;8-5-6-1-3-7(9)4-2-6;1-4-2-7-3-5(6)8-4;1-4-2-7-8-5(4)3-6-1;1-2/h2-8H,9-11H2,1H3;2-7,10H,8-9,11H2,1H3;6H,7-8H2,1-5H3;2-4H,5-6H2,1H3,(H,12,14);4H,5-6H2,1-3H3,(H,11,12);1-4H,5H2;2-3H,1H3;2,6H,1,3H2,(H,7,8);1-2H2/b;;9-6-;;;;;;. The van der Waals surface area contributed by atoms with Crippen LogP contribution in [0.25, 0.3) is 0 Å². The van der Waals surface area contributed by atoms with Crippen LogP contribution in [0.1, 0.15) is 137 Å². The number of H-pyrrole nitrogens is 3. The molecule has 0 atom stereocenters. The Labute approximate surface area is 707 Å². The van der Waals surface area contributed by atoms with Crippen molar-refractivity contribution in [3.63, 3.8) is 0 Å². The zero-order valence-electron chi connectivity index (χ0n) is 69.1. The van der Waals surface area contributed by atoms with E-state index in [4.69, 9.17) is 21.1 Å². The minimum absolute atomic E-state index is 0.0236. The molecule has 15 heterocycles. The highest BCUT2D eigenvalue weighted by molar-refractivity contribution is 9.08. The highest BCUT2D eigenvalue weighted by atomic mass is 79.9. The van der Waals surface area contributed by atoms with Crippen molar-refractivity contribution in [2.75, 3.05) is 41.9 Å². The van der Waals surface area contributed by atoms with E-state index in [0.717, 1.165) is 132 Å².